The highest BCUT2D eigenvalue weighted by atomic mass is 35.5. The molecule has 2 rings (SSSR count). The van der Waals surface area contributed by atoms with Gasteiger partial charge in [0.1, 0.15) is 6.04 Å². The first kappa shape index (κ1) is 23.2. The molecule has 6 nitrogen and oxygen atoms in total. The minimum absolute atomic E-state index is 0.00818. The summed E-state index contributed by atoms with van der Waals surface area (Å²) in [5.74, 6) is -0.296. The molecule has 7 heteroatoms. The van der Waals surface area contributed by atoms with Gasteiger partial charge in [-0.05, 0) is 31.4 Å². The molecule has 0 aliphatic carbocycles. The number of nitrogens with one attached hydrogen (secondary N) is 1. The molecular weight excluding hydrogens is 390 g/mol. The number of carbonyl (C=O) groups excluding carboxylic acids is 3. The number of hydrogen-bond donors (Lipinski definition) is 1. The fraction of sp³-hybridized carbons (Fsp3) is 0.591. The third-order valence-corrected chi connectivity index (χ3v) is 5.64. The molecule has 0 saturated carbocycles. The van der Waals surface area contributed by atoms with E-state index in [2.05, 4.69) is 5.32 Å². The zero-order valence-corrected chi connectivity index (χ0v) is 18.5. The summed E-state index contributed by atoms with van der Waals surface area (Å²) in [6.07, 6.45) is 2.18. The third kappa shape index (κ3) is 5.95. The lowest BCUT2D eigenvalue weighted by Crippen LogP contribution is -2.59. The van der Waals surface area contributed by atoms with Gasteiger partial charge >= 0.3 is 0 Å². The van der Waals surface area contributed by atoms with Crippen LogP contribution in [-0.2, 0) is 9.59 Å². The van der Waals surface area contributed by atoms with Crippen LogP contribution in [0.5, 0.6) is 0 Å². The van der Waals surface area contributed by atoms with Gasteiger partial charge in [0.15, 0.2) is 0 Å². The Balaban J connectivity index is 2.03. The maximum Gasteiger partial charge on any atom is 0.255 e. The number of benzene rings is 1. The maximum atomic E-state index is 13.1. The second kappa shape index (κ2) is 10.6. The van der Waals surface area contributed by atoms with Gasteiger partial charge in [-0.25, -0.2) is 0 Å². The van der Waals surface area contributed by atoms with Crippen LogP contribution in [0.2, 0.25) is 5.02 Å². The highest BCUT2D eigenvalue weighted by molar-refractivity contribution is 6.33. The molecule has 1 N–H and O–H groups in total. The van der Waals surface area contributed by atoms with Gasteiger partial charge in [0.05, 0.1) is 10.6 Å². The number of piperazine rings is 1. The quantitative estimate of drug-likeness (QED) is 0.734. The summed E-state index contributed by atoms with van der Waals surface area (Å²) in [7, 11) is 0. The minimum atomic E-state index is -0.544. The molecule has 0 aromatic heterocycles. The van der Waals surface area contributed by atoms with Crippen molar-refractivity contribution in [2.75, 3.05) is 19.6 Å². The lowest BCUT2D eigenvalue weighted by molar-refractivity contribution is -0.139. The molecule has 1 heterocycles. The van der Waals surface area contributed by atoms with Gasteiger partial charge in [0.25, 0.3) is 5.91 Å². The average molecular weight is 422 g/mol. The lowest BCUT2D eigenvalue weighted by atomic mass is 10.0. The number of carbonyl (C=O) groups is 3. The Hall–Kier alpha value is -2.08. The van der Waals surface area contributed by atoms with Crippen molar-refractivity contribution in [1.29, 1.82) is 0 Å². The average Bonchev–Trinajstić information content (AvgIpc) is 2.69. The summed E-state index contributed by atoms with van der Waals surface area (Å²) in [4.78, 5) is 41.6. The Morgan fingerprint density at radius 1 is 1.21 bits per heavy atom. The van der Waals surface area contributed by atoms with Crippen LogP contribution >= 0.6 is 11.6 Å². The zero-order valence-electron chi connectivity index (χ0n) is 17.8. The number of halogens is 1. The van der Waals surface area contributed by atoms with Gasteiger partial charge in [-0.3, -0.25) is 14.4 Å². The number of rotatable bonds is 7. The van der Waals surface area contributed by atoms with Gasteiger partial charge in [-0.1, -0.05) is 50.9 Å². The Morgan fingerprint density at radius 2 is 1.90 bits per heavy atom. The fourth-order valence-corrected chi connectivity index (χ4v) is 3.76. The number of nitrogens with zero attached hydrogens (tertiary/aromatic N) is 2. The first-order chi connectivity index (χ1) is 13.8. The van der Waals surface area contributed by atoms with Crippen LogP contribution in [-0.4, -0.2) is 59.2 Å². The van der Waals surface area contributed by atoms with Crippen molar-refractivity contribution in [1.82, 2.24) is 15.1 Å². The zero-order chi connectivity index (χ0) is 21.6. The van der Waals surface area contributed by atoms with Crippen molar-refractivity contribution < 1.29 is 14.4 Å². The standard InChI is InChI=1S/C22H32ClN3O3/c1-5-6-11-19(27)24-20(15(2)3)22(29)25-12-13-26(16(4)14-25)21(28)17-9-7-8-10-18(17)23/h7-10,15-16,20H,5-6,11-14H2,1-4H3,(H,24,27). The van der Waals surface area contributed by atoms with Crippen molar-refractivity contribution in [2.45, 2.75) is 59.0 Å². The molecule has 0 spiro atoms. The van der Waals surface area contributed by atoms with E-state index < -0.39 is 6.04 Å². The Kier molecular flexibility index (Phi) is 8.50. The van der Waals surface area contributed by atoms with Crippen LogP contribution in [0.3, 0.4) is 0 Å². The summed E-state index contributed by atoms with van der Waals surface area (Å²) in [6, 6.07) is 6.32. The second-order valence-electron chi connectivity index (χ2n) is 8.00. The van der Waals surface area contributed by atoms with Gasteiger partial charge in [0, 0.05) is 32.1 Å². The molecule has 160 valence electrons. The SMILES string of the molecule is CCCCC(=O)NC(C(=O)N1CCN(C(=O)c2ccccc2Cl)C(C)C1)C(C)C. The number of hydrogen-bond acceptors (Lipinski definition) is 3. The maximum absolute atomic E-state index is 13.1. The van der Waals surface area contributed by atoms with E-state index in [1.54, 1.807) is 34.1 Å². The molecule has 29 heavy (non-hydrogen) atoms. The Morgan fingerprint density at radius 3 is 2.48 bits per heavy atom. The van der Waals surface area contributed by atoms with Crippen LogP contribution in [0.25, 0.3) is 0 Å². The molecule has 1 aliphatic heterocycles. The number of amides is 3. The van der Waals surface area contributed by atoms with E-state index in [4.69, 9.17) is 11.6 Å². The van der Waals surface area contributed by atoms with Gasteiger partial charge < -0.3 is 15.1 Å². The van der Waals surface area contributed by atoms with E-state index in [0.717, 1.165) is 12.8 Å². The first-order valence-corrected chi connectivity index (χ1v) is 10.8. The van der Waals surface area contributed by atoms with Crippen molar-refractivity contribution in [3.63, 3.8) is 0 Å². The molecule has 1 aromatic rings. The van der Waals surface area contributed by atoms with E-state index in [1.807, 2.05) is 27.7 Å². The molecular formula is C22H32ClN3O3. The molecule has 0 bridgehead atoms. The second-order valence-corrected chi connectivity index (χ2v) is 8.41. The van der Waals surface area contributed by atoms with Crippen LogP contribution < -0.4 is 5.32 Å². The first-order valence-electron chi connectivity index (χ1n) is 10.4. The van der Waals surface area contributed by atoms with E-state index in [9.17, 15) is 14.4 Å². The Bertz CT molecular complexity index is 738. The van der Waals surface area contributed by atoms with Gasteiger partial charge in [-0.15, -0.1) is 0 Å². The number of unbranched alkanes of at least 4 members (excludes halogenated alkanes) is 1. The van der Waals surface area contributed by atoms with E-state index in [1.165, 1.54) is 0 Å². The normalized spacial score (nSPS) is 17.9. The fourth-order valence-electron chi connectivity index (χ4n) is 3.54. The largest absolute Gasteiger partial charge is 0.344 e. The van der Waals surface area contributed by atoms with Crippen molar-refractivity contribution in [3.05, 3.63) is 34.9 Å². The smallest absolute Gasteiger partial charge is 0.255 e. The topological polar surface area (TPSA) is 69.7 Å². The van der Waals surface area contributed by atoms with E-state index in [-0.39, 0.29) is 29.7 Å². The molecule has 1 fully saturated rings. The summed E-state index contributed by atoms with van der Waals surface area (Å²) in [5.41, 5.74) is 0.476. The van der Waals surface area contributed by atoms with Gasteiger partial charge in [0.2, 0.25) is 11.8 Å². The highest BCUT2D eigenvalue weighted by Crippen LogP contribution is 2.21. The van der Waals surface area contributed by atoms with Crippen LogP contribution in [0, 0.1) is 5.92 Å². The summed E-state index contributed by atoms with van der Waals surface area (Å²) < 4.78 is 0. The summed E-state index contributed by atoms with van der Waals surface area (Å²) >= 11 is 6.17. The van der Waals surface area contributed by atoms with Crippen molar-refractivity contribution in [3.8, 4) is 0 Å². The minimum Gasteiger partial charge on any atom is -0.344 e. The lowest BCUT2D eigenvalue weighted by Gasteiger charge is -2.41. The molecule has 3 amide bonds. The molecule has 0 radical (unpaired) electrons. The van der Waals surface area contributed by atoms with Crippen molar-refractivity contribution >= 4 is 29.3 Å². The van der Waals surface area contributed by atoms with Crippen molar-refractivity contribution in [2.24, 2.45) is 5.92 Å². The highest BCUT2D eigenvalue weighted by Gasteiger charge is 2.35. The van der Waals surface area contributed by atoms with E-state index >= 15 is 0 Å². The third-order valence-electron chi connectivity index (χ3n) is 5.31. The predicted octanol–water partition coefficient (Wildman–Crippen LogP) is 3.34. The molecule has 2 atom stereocenters. The van der Waals surface area contributed by atoms with Gasteiger partial charge in [-0.2, -0.15) is 0 Å². The Labute approximate surface area is 178 Å². The predicted molar refractivity (Wildman–Crippen MR) is 115 cm³/mol. The molecule has 1 aliphatic rings. The van der Waals surface area contributed by atoms with Crippen LogP contribution in [0.1, 0.15) is 57.3 Å². The summed E-state index contributed by atoms with van der Waals surface area (Å²) in [6.45, 7) is 9.14. The van der Waals surface area contributed by atoms with Crippen LogP contribution in [0.4, 0.5) is 0 Å². The summed E-state index contributed by atoms with van der Waals surface area (Å²) in [5, 5.41) is 3.33. The van der Waals surface area contributed by atoms with Crippen LogP contribution in [0.15, 0.2) is 24.3 Å². The molecule has 2 unspecified atom stereocenters. The molecule has 1 aromatic carbocycles. The van der Waals surface area contributed by atoms with E-state index in [0.29, 0.717) is 36.6 Å². The molecule has 1 saturated heterocycles. The monoisotopic (exact) mass is 421 g/mol.